The summed E-state index contributed by atoms with van der Waals surface area (Å²) in [7, 11) is 3.02. The average Bonchev–Trinajstić information content (AvgIpc) is 0.882. The van der Waals surface area contributed by atoms with Crippen LogP contribution in [0.25, 0.3) is 22.2 Å². The fraction of sp³-hybridized carbons (Fsp3) is 0.554. The van der Waals surface area contributed by atoms with Gasteiger partial charge < -0.3 is 64.1 Å². The molecule has 2 bridgehead atoms. The molecule has 3 aromatic carbocycles. The Hall–Kier alpha value is -6.79. The molecule has 1 saturated carbocycles. The second-order valence-corrected chi connectivity index (χ2v) is 27.4. The van der Waals surface area contributed by atoms with E-state index in [1.807, 2.05) is 62.4 Å². The third kappa shape index (κ3) is 18.7. The Kier molecular flexibility index (Phi) is 26.1. The number of hydrogen-bond acceptors (Lipinski definition) is 19. The molecule has 520 valence electrons. The molecule has 0 unspecified atom stereocenters. The van der Waals surface area contributed by atoms with Gasteiger partial charge in [0.1, 0.15) is 71.7 Å². The zero-order valence-corrected chi connectivity index (χ0v) is 56.9. The number of aliphatic hydroxyl groups is 4. The molecule has 0 spiro atoms. The molecule has 2 saturated heterocycles. The molecule has 5 aromatic rings. The molecule has 0 radical (unpaired) electrons. The number of fused-ring (bicyclic) bond motifs is 4. The van der Waals surface area contributed by atoms with E-state index in [0.717, 1.165) is 21.4 Å². The summed E-state index contributed by atoms with van der Waals surface area (Å²) in [5.74, 6) is -6.88. The predicted molar refractivity (Wildman–Crippen MR) is 360 cm³/mol. The smallest absolute Gasteiger partial charge is 0.329 e. The van der Waals surface area contributed by atoms with E-state index in [1.54, 1.807) is 45.0 Å². The first-order valence-corrected chi connectivity index (χ1v) is 34.3. The third-order valence-corrected chi connectivity index (χ3v) is 20.0. The number of nitrogens with one attached hydrogen (secondary N) is 2. The van der Waals surface area contributed by atoms with Gasteiger partial charge in [-0.2, -0.15) is 0 Å². The number of carbonyl (C=O) groups excluding carboxylic acids is 5. The van der Waals surface area contributed by atoms with E-state index in [0.29, 0.717) is 134 Å². The number of carbonyl (C=O) groups is 5. The summed E-state index contributed by atoms with van der Waals surface area (Å²) in [5, 5.41) is 53.0. The number of aliphatic hydroxyl groups excluding tert-OH is 3. The van der Waals surface area contributed by atoms with Crippen LogP contribution in [-0.2, 0) is 56.1 Å². The number of piperidine rings is 1. The van der Waals surface area contributed by atoms with Gasteiger partial charge in [0.25, 0.3) is 11.7 Å². The lowest BCUT2D eigenvalue weighted by Gasteiger charge is -2.47. The minimum atomic E-state index is -2.58. The number of furan rings is 1. The number of ether oxygens (including phenoxy) is 5. The first-order chi connectivity index (χ1) is 46.0. The van der Waals surface area contributed by atoms with E-state index >= 15 is 0 Å². The Morgan fingerprint density at radius 2 is 1.68 bits per heavy atom. The van der Waals surface area contributed by atoms with E-state index in [-0.39, 0.29) is 80.6 Å². The number of halogens is 2. The number of cyclic esters (lactones) is 1. The van der Waals surface area contributed by atoms with E-state index in [9.17, 15) is 48.8 Å². The maximum absolute atomic E-state index is 14.7. The fourth-order valence-electron chi connectivity index (χ4n) is 14.2. The molecule has 3 aliphatic heterocycles. The highest BCUT2D eigenvalue weighted by atomic mass is 35.5. The standard InChI is InChI=1S/C74H95ClFN5O15/c1-43-29-44(2)31-66(91-6)69-67(92-7)33-46(4)74(90,96-69)70(87)72(88)81-28-9-8-18-60(81)73(89)95-68(45(3)32-48-19-24-61(84)52(34-48)40-82)47(5)62(85)38-63(86)50(30-43)14-11-16-55(83)17-12-27-77-39-56-22-26-64(94-56)51-20-23-59-57(36-51)71(79-42-78-59)80-54-21-25-65(58(75)37-54)93-41-49-13-10-15-53(76)35-49/h10,13,15,20-23,25-26,30,32,35-37,42,44,46-48,50,52,60-62,66-69,77,82,84-85,90H,8-9,11-12,14,16-19,24,27-29,31,33-34,38-41H2,1-7H3,(H,78,79,80)/b43-30+,45-32+/t44-,46+,47+,48-,50+,52-,60-,61+,62-,66-,67-,68+,69+,74+/m0/s1. The summed E-state index contributed by atoms with van der Waals surface area (Å²) in [6.45, 7) is 10.00. The van der Waals surface area contributed by atoms with Crippen molar-refractivity contribution in [3.8, 4) is 17.1 Å². The molecule has 4 aliphatic rings. The lowest BCUT2D eigenvalue weighted by molar-refractivity contribution is -0.302. The fourth-order valence-corrected chi connectivity index (χ4v) is 14.4. The highest BCUT2D eigenvalue weighted by Gasteiger charge is 2.57. The minimum Gasteiger partial charge on any atom is -0.487 e. The quantitative estimate of drug-likeness (QED) is 0.0172. The van der Waals surface area contributed by atoms with E-state index in [2.05, 4.69) is 20.6 Å². The van der Waals surface area contributed by atoms with Crippen LogP contribution in [0.5, 0.6) is 5.75 Å². The molecule has 5 heterocycles. The summed E-state index contributed by atoms with van der Waals surface area (Å²) in [5.41, 5.74) is 4.34. The number of esters is 1. The van der Waals surface area contributed by atoms with Crippen LogP contribution in [0.15, 0.2) is 107 Å². The topological polar surface area (TPSA) is 279 Å². The minimum absolute atomic E-state index is 0.0337. The van der Waals surface area contributed by atoms with E-state index < -0.39 is 83.9 Å². The molecular formula is C74H95ClFN5O15. The summed E-state index contributed by atoms with van der Waals surface area (Å²) in [6.07, 6.45) is 5.27. The zero-order valence-electron chi connectivity index (χ0n) is 56.2. The van der Waals surface area contributed by atoms with E-state index in [4.69, 9.17) is 39.7 Å². The van der Waals surface area contributed by atoms with Gasteiger partial charge in [0, 0.05) is 86.9 Å². The number of allylic oxidation sites excluding steroid dienone is 3. The Morgan fingerprint density at radius 3 is 2.44 bits per heavy atom. The molecule has 3 fully saturated rings. The number of amides is 1. The molecule has 22 heteroatoms. The van der Waals surface area contributed by atoms with Crippen molar-refractivity contribution in [2.75, 3.05) is 39.2 Å². The molecule has 14 atom stereocenters. The number of nitrogens with zero attached hydrogens (tertiary/aromatic N) is 3. The van der Waals surface area contributed by atoms with Crippen LogP contribution in [0.3, 0.4) is 0 Å². The van der Waals surface area contributed by atoms with Crippen LogP contribution < -0.4 is 15.4 Å². The van der Waals surface area contributed by atoms with Gasteiger partial charge in [-0.25, -0.2) is 19.2 Å². The summed E-state index contributed by atoms with van der Waals surface area (Å²) < 4.78 is 50.5. The number of ketones is 3. The summed E-state index contributed by atoms with van der Waals surface area (Å²) in [6, 6.07) is 19.8. The Labute approximate surface area is 566 Å². The number of methoxy groups -OCH3 is 2. The highest BCUT2D eigenvalue weighted by Crippen LogP contribution is 2.41. The van der Waals surface area contributed by atoms with Gasteiger partial charge in [0.05, 0.1) is 41.5 Å². The van der Waals surface area contributed by atoms with Gasteiger partial charge in [-0.3, -0.25) is 19.2 Å². The van der Waals surface area contributed by atoms with Gasteiger partial charge in [0.2, 0.25) is 5.79 Å². The van der Waals surface area contributed by atoms with Gasteiger partial charge in [-0.15, -0.1) is 0 Å². The van der Waals surface area contributed by atoms with Crippen LogP contribution >= 0.6 is 11.6 Å². The highest BCUT2D eigenvalue weighted by molar-refractivity contribution is 6.39. The molecule has 1 aliphatic carbocycles. The number of rotatable bonds is 21. The molecule has 6 N–H and O–H groups in total. The van der Waals surface area contributed by atoms with Crippen molar-refractivity contribution < 1.29 is 76.9 Å². The Morgan fingerprint density at radius 1 is 0.896 bits per heavy atom. The molecule has 20 nitrogen and oxygen atoms in total. The van der Waals surface area contributed by atoms with Gasteiger partial charge in [-0.05, 0) is 181 Å². The lowest BCUT2D eigenvalue weighted by atomic mass is 9.78. The van der Waals surface area contributed by atoms with Crippen molar-refractivity contribution in [1.82, 2.24) is 20.2 Å². The summed E-state index contributed by atoms with van der Waals surface area (Å²) >= 11 is 6.61. The van der Waals surface area contributed by atoms with Gasteiger partial charge in [0.15, 0.2) is 0 Å². The lowest BCUT2D eigenvalue weighted by Crippen LogP contribution is -2.64. The monoisotopic (exact) mass is 1350 g/mol. The Balaban J connectivity index is 0.841. The molecule has 9 rings (SSSR count). The largest absolute Gasteiger partial charge is 0.487 e. The number of anilines is 2. The first kappa shape index (κ1) is 73.5. The van der Waals surface area contributed by atoms with Crippen molar-refractivity contribution in [3.05, 3.63) is 125 Å². The SMILES string of the molecule is CO[C@H]1C[C@@H](C)C/C(C)=C/[C@@H](CCCC(=O)CCCNCc2ccc(-c3ccc4ncnc(Nc5ccc(OCc6cccc(F)c6)c(Cl)c5)c4c3)o2)C(=O)C[C@H](O)[C@@H](C)[C@@H](/C(C)=C/[C@@H]2CC[C@@H](O)[C@H](CO)C2)OC(=O)[C@@H]2CCCCN2C(=O)C(=O)[C@]2(O)O[C@H]1[C@@H](OC)C[C@H]2C. The van der Waals surface area contributed by atoms with Crippen LogP contribution in [-0.4, -0.2) is 147 Å². The predicted octanol–water partition coefficient (Wildman–Crippen LogP) is 11.3. The number of hydrogen-bond donors (Lipinski definition) is 6. The van der Waals surface area contributed by atoms with Crippen molar-refractivity contribution in [3.63, 3.8) is 0 Å². The molecular weight excluding hydrogens is 1250 g/mol. The zero-order chi connectivity index (χ0) is 68.8. The number of Topliss-reactive ketones (excluding diaryl/α,β-unsaturated/α-hetero) is 3. The van der Waals surface area contributed by atoms with Crippen LogP contribution in [0, 0.1) is 41.3 Å². The summed E-state index contributed by atoms with van der Waals surface area (Å²) in [4.78, 5) is 82.1. The number of aromatic nitrogens is 2. The van der Waals surface area contributed by atoms with Crippen molar-refractivity contribution >= 4 is 63.2 Å². The van der Waals surface area contributed by atoms with Crippen molar-refractivity contribution in [2.24, 2.45) is 35.5 Å². The van der Waals surface area contributed by atoms with Crippen molar-refractivity contribution in [2.45, 2.75) is 193 Å². The average molecular weight is 1350 g/mol. The first-order valence-electron chi connectivity index (χ1n) is 33.9. The second-order valence-electron chi connectivity index (χ2n) is 27.0. The molecule has 1 amide bonds. The normalized spacial score (nSPS) is 29.1. The van der Waals surface area contributed by atoms with Crippen LogP contribution in [0.2, 0.25) is 5.02 Å². The molecule has 96 heavy (non-hydrogen) atoms. The van der Waals surface area contributed by atoms with Crippen LogP contribution in [0.4, 0.5) is 15.9 Å². The molecule has 2 aromatic heterocycles. The maximum Gasteiger partial charge on any atom is 0.329 e. The van der Waals surface area contributed by atoms with Crippen LogP contribution in [0.1, 0.15) is 142 Å². The second kappa shape index (κ2) is 34.1. The van der Waals surface area contributed by atoms with Gasteiger partial charge >= 0.3 is 5.97 Å². The van der Waals surface area contributed by atoms with Gasteiger partial charge in [-0.1, -0.05) is 62.2 Å². The van der Waals surface area contributed by atoms with E-state index in [1.165, 1.54) is 32.7 Å². The number of benzene rings is 3. The Bertz CT molecular complexity index is 3560. The third-order valence-electron chi connectivity index (χ3n) is 19.7. The maximum atomic E-state index is 14.7. The van der Waals surface area contributed by atoms with Crippen molar-refractivity contribution in [1.29, 1.82) is 0 Å².